The summed E-state index contributed by atoms with van der Waals surface area (Å²) >= 11 is 0. The number of benzene rings is 1. The zero-order valence-electron chi connectivity index (χ0n) is 10.6. The normalized spacial score (nSPS) is 10.8. The van der Waals surface area contributed by atoms with Crippen molar-refractivity contribution in [2.45, 2.75) is 26.3 Å². The van der Waals surface area contributed by atoms with Gasteiger partial charge in [-0.05, 0) is 25.1 Å². The van der Waals surface area contributed by atoms with Crippen LogP contribution in [0.2, 0.25) is 0 Å². The predicted molar refractivity (Wildman–Crippen MR) is 69.9 cm³/mol. The second-order valence-electron chi connectivity index (χ2n) is 4.22. The molecule has 18 heavy (non-hydrogen) atoms. The number of rotatable bonds is 5. The first-order valence-corrected chi connectivity index (χ1v) is 6.23. The first-order chi connectivity index (χ1) is 8.76. The lowest BCUT2D eigenvalue weighted by atomic mass is 10.1. The van der Waals surface area contributed by atoms with Gasteiger partial charge in [-0.2, -0.15) is 0 Å². The van der Waals surface area contributed by atoms with Gasteiger partial charge in [0.05, 0.1) is 0 Å². The molecule has 0 aliphatic carbocycles. The van der Waals surface area contributed by atoms with Gasteiger partial charge >= 0.3 is 0 Å². The molecule has 0 fully saturated rings. The second kappa shape index (κ2) is 5.78. The summed E-state index contributed by atoms with van der Waals surface area (Å²) in [4.78, 5) is 4.38. The number of hydrogen-bond acceptors (Lipinski definition) is 2. The van der Waals surface area contributed by atoms with Crippen LogP contribution in [0.5, 0.6) is 0 Å². The van der Waals surface area contributed by atoms with Gasteiger partial charge in [0.15, 0.2) is 0 Å². The molecule has 0 bridgehead atoms. The van der Waals surface area contributed by atoms with E-state index in [2.05, 4.69) is 16.5 Å². The lowest BCUT2D eigenvalue weighted by Crippen LogP contribution is -2.11. The van der Waals surface area contributed by atoms with Gasteiger partial charge in [-0.25, -0.2) is 9.37 Å². The van der Waals surface area contributed by atoms with Gasteiger partial charge in [0.1, 0.15) is 11.6 Å². The molecule has 2 N–H and O–H groups in total. The Hall–Kier alpha value is -1.68. The molecule has 0 aliphatic rings. The third-order valence-corrected chi connectivity index (χ3v) is 3.04. The Balaban J connectivity index is 2.27. The number of nitrogens with zero attached hydrogens (tertiary/aromatic N) is 2. The first kappa shape index (κ1) is 12.8. The molecule has 1 aromatic heterocycles. The second-order valence-corrected chi connectivity index (χ2v) is 4.22. The highest BCUT2D eigenvalue weighted by atomic mass is 19.1. The molecule has 4 heteroatoms. The average Bonchev–Trinajstić information content (AvgIpc) is 2.75. The predicted octanol–water partition coefficient (Wildman–Crippen LogP) is 2.13. The molecule has 0 radical (unpaired) electrons. The molecule has 0 saturated heterocycles. The highest BCUT2D eigenvalue weighted by molar-refractivity contribution is 5.22. The minimum Gasteiger partial charge on any atom is -0.332 e. The quantitative estimate of drug-likeness (QED) is 0.879. The summed E-state index contributed by atoms with van der Waals surface area (Å²) in [5.74, 6) is 0.717. The summed E-state index contributed by atoms with van der Waals surface area (Å²) < 4.78 is 15.7. The molecule has 96 valence electrons. The largest absolute Gasteiger partial charge is 0.332 e. The fourth-order valence-electron chi connectivity index (χ4n) is 2.14. The Morgan fingerprint density at radius 3 is 2.78 bits per heavy atom. The van der Waals surface area contributed by atoms with E-state index in [0.29, 0.717) is 18.5 Å². The molecule has 0 spiro atoms. The molecule has 0 atom stereocenters. The molecule has 0 unspecified atom stereocenters. The van der Waals surface area contributed by atoms with Crippen molar-refractivity contribution in [1.29, 1.82) is 0 Å². The van der Waals surface area contributed by atoms with Crippen molar-refractivity contribution in [3.05, 3.63) is 53.4 Å². The third-order valence-electron chi connectivity index (χ3n) is 3.04. The van der Waals surface area contributed by atoms with E-state index in [1.54, 1.807) is 12.1 Å². The van der Waals surface area contributed by atoms with Crippen LogP contribution in [-0.4, -0.2) is 16.1 Å². The van der Waals surface area contributed by atoms with Gasteiger partial charge in [-0.3, -0.25) is 0 Å². The van der Waals surface area contributed by atoms with E-state index < -0.39 is 0 Å². The highest BCUT2D eigenvalue weighted by Crippen LogP contribution is 2.14. The minimum atomic E-state index is -0.177. The molecule has 1 heterocycles. The number of hydrogen-bond donors (Lipinski definition) is 1. The maximum absolute atomic E-state index is 13.6. The number of halogens is 1. The lowest BCUT2D eigenvalue weighted by Gasteiger charge is -2.09. The van der Waals surface area contributed by atoms with Crippen LogP contribution in [0.4, 0.5) is 4.39 Å². The van der Waals surface area contributed by atoms with Crippen molar-refractivity contribution in [3.63, 3.8) is 0 Å². The number of imidazole rings is 1. The molecule has 2 aromatic rings. The van der Waals surface area contributed by atoms with Crippen LogP contribution >= 0.6 is 0 Å². The standard InChI is InChI=1S/C14H18FN3/c1-2-18-12(7-8-16)10-17-14(18)9-11-5-3-4-6-13(11)15/h3-6,10H,2,7-9,16H2,1H3. The average molecular weight is 247 g/mol. The van der Waals surface area contributed by atoms with Gasteiger partial charge in [0.2, 0.25) is 0 Å². The fourth-order valence-corrected chi connectivity index (χ4v) is 2.14. The number of nitrogens with two attached hydrogens (primary N) is 1. The number of aromatic nitrogens is 2. The molecule has 1 aromatic carbocycles. The van der Waals surface area contributed by atoms with Crippen molar-refractivity contribution in [3.8, 4) is 0 Å². The van der Waals surface area contributed by atoms with Crippen LogP contribution in [0.3, 0.4) is 0 Å². The van der Waals surface area contributed by atoms with Crippen LogP contribution < -0.4 is 5.73 Å². The summed E-state index contributed by atoms with van der Waals surface area (Å²) in [6.07, 6.45) is 3.16. The summed E-state index contributed by atoms with van der Waals surface area (Å²) in [5, 5.41) is 0. The molecule has 0 aliphatic heterocycles. The Morgan fingerprint density at radius 2 is 2.11 bits per heavy atom. The summed E-state index contributed by atoms with van der Waals surface area (Å²) in [7, 11) is 0. The van der Waals surface area contributed by atoms with Gasteiger partial charge < -0.3 is 10.3 Å². The Labute approximate surface area is 106 Å². The van der Waals surface area contributed by atoms with Gasteiger partial charge in [0, 0.05) is 31.3 Å². The smallest absolute Gasteiger partial charge is 0.126 e. The molecule has 0 amide bonds. The highest BCUT2D eigenvalue weighted by Gasteiger charge is 2.10. The van der Waals surface area contributed by atoms with E-state index in [1.807, 2.05) is 12.3 Å². The van der Waals surface area contributed by atoms with Crippen molar-refractivity contribution in [2.75, 3.05) is 6.54 Å². The monoisotopic (exact) mass is 247 g/mol. The van der Waals surface area contributed by atoms with Crippen molar-refractivity contribution in [2.24, 2.45) is 5.73 Å². The summed E-state index contributed by atoms with van der Waals surface area (Å²) in [6.45, 7) is 3.50. The molecule has 0 saturated carbocycles. The van der Waals surface area contributed by atoms with Crippen molar-refractivity contribution < 1.29 is 4.39 Å². The molecule has 3 nitrogen and oxygen atoms in total. The maximum atomic E-state index is 13.6. The SMILES string of the molecule is CCn1c(CCN)cnc1Cc1ccccc1F. The van der Waals surface area contributed by atoms with E-state index in [4.69, 9.17) is 5.73 Å². The fraction of sp³-hybridized carbons (Fsp3) is 0.357. The molecular formula is C14H18FN3. The zero-order valence-corrected chi connectivity index (χ0v) is 10.6. The van der Waals surface area contributed by atoms with E-state index in [-0.39, 0.29) is 5.82 Å². The summed E-state index contributed by atoms with van der Waals surface area (Å²) in [5.41, 5.74) is 7.36. The summed E-state index contributed by atoms with van der Waals surface area (Å²) in [6, 6.07) is 6.82. The van der Waals surface area contributed by atoms with Crippen molar-refractivity contribution in [1.82, 2.24) is 9.55 Å². The zero-order chi connectivity index (χ0) is 13.0. The first-order valence-electron chi connectivity index (χ1n) is 6.23. The van der Waals surface area contributed by atoms with Crippen molar-refractivity contribution >= 4 is 0 Å². The van der Waals surface area contributed by atoms with Crippen LogP contribution in [0.1, 0.15) is 24.0 Å². The van der Waals surface area contributed by atoms with E-state index in [1.165, 1.54) is 6.07 Å². The third kappa shape index (κ3) is 2.59. The van der Waals surface area contributed by atoms with Crippen LogP contribution in [0, 0.1) is 5.82 Å². The lowest BCUT2D eigenvalue weighted by molar-refractivity contribution is 0.605. The van der Waals surface area contributed by atoms with Crippen LogP contribution in [0.25, 0.3) is 0 Å². The van der Waals surface area contributed by atoms with E-state index in [9.17, 15) is 4.39 Å². The van der Waals surface area contributed by atoms with Gasteiger partial charge in [-0.15, -0.1) is 0 Å². The van der Waals surface area contributed by atoms with Gasteiger partial charge in [-0.1, -0.05) is 18.2 Å². The van der Waals surface area contributed by atoms with E-state index in [0.717, 1.165) is 24.5 Å². The van der Waals surface area contributed by atoms with Crippen LogP contribution in [-0.2, 0) is 19.4 Å². The van der Waals surface area contributed by atoms with Gasteiger partial charge in [0.25, 0.3) is 0 Å². The Bertz CT molecular complexity index is 520. The minimum absolute atomic E-state index is 0.177. The Morgan fingerprint density at radius 1 is 1.33 bits per heavy atom. The Kier molecular flexibility index (Phi) is 4.10. The van der Waals surface area contributed by atoms with E-state index >= 15 is 0 Å². The topological polar surface area (TPSA) is 43.8 Å². The maximum Gasteiger partial charge on any atom is 0.126 e. The molecule has 2 rings (SSSR count). The van der Waals surface area contributed by atoms with Crippen LogP contribution in [0.15, 0.2) is 30.5 Å². The molecular weight excluding hydrogens is 229 g/mol.